The molecule has 3 saturated heterocycles. The molecular weight excluding hydrogens is 332 g/mol. The predicted octanol–water partition coefficient (Wildman–Crippen LogP) is 3.19. The predicted molar refractivity (Wildman–Crippen MR) is 98.5 cm³/mol. The van der Waals surface area contributed by atoms with Gasteiger partial charge in [0.15, 0.2) is 0 Å². The van der Waals surface area contributed by atoms with Gasteiger partial charge in [0.2, 0.25) is 0 Å². The van der Waals surface area contributed by atoms with Crippen molar-refractivity contribution < 1.29 is 9.53 Å². The van der Waals surface area contributed by atoms with E-state index in [9.17, 15) is 4.79 Å². The third-order valence-electron chi connectivity index (χ3n) is 6.85. The van der Waals surface area contributed by atoms with Crippen LogP contribution >= 0.6 is 11.3 Å². The van der Waals surface area contributed by atoms with Crippen LogP contribution in [0.4, 0.5) is 0 Å². The smallest absolute Gasteiger partial charge is 0.261 e. The van der Waals surface area contributed by atoms with Gasteiger partial charge in [-0.15, -0.1) is 11.3 Å². The Morgan fingerprint density at radius 2 is 2.12 bits per heavy atom. The van der Waals surface area contributed by atoms with Gasteiger partial charge in [-0.25, -0.2) is 0 Å². The number of ether oxygens (including phenoxy) is 1. The summed E-state index contributed by atoms with van der Waals surface area (Å²) in [5.74, 6) is 1.79. The first-order valence-corrected chi connectivity index (χ1v) is 10.3. The van der Waals surface area contributed by atoms with E-state index < -0.39 is 0 Å². The summed E-state index contributed by atoms with van der Waals surface area (Å²) in [6, 6.07) is 6.55. The molecule has 1 aromatic heterocycles. The second-order valence-electron chi connectivity index (χ2n) is 8.05. The molecule has 2 aromatic rings. The third-order valence-corrected chi connectivity index (χ3v) is 8.06. The Morgan fingerprint density at radius 1 is 1.28 bits per heavy atom. The number of rotatable bonds is 2. The minimum atomic E-state index is 0.124. The summed E-state index contributed by atoms with van der Waals surface area (Å²) in [6.07, 6.45) is 5.95. The lowest BCUT2D eigenvalue weighted by molar-refractivity contribution is -0.00138. The second-order valence-corrected chi connectivity index (χ2v) is 9.10. The number of carbonyl (C=O) groups excluding carboxylic acids is 1. The SMILES string of the molecule is O=C(N[C@@H]1C2CCN(CC2)C12CC2)c1cc2ccc3c(c2s1)CCO3. The highest BCUT2D eigenvalue weighted by molar-refractivity contribution is 7.21. The van der Waals surface area contributed by atoms with E-state index in [1.165, 1.54) is 54.4 Å². The maximum atomic E-state index is 13.0. The van der Waals surface area contributed by atoms with Crippen LogP contribution in [0.25, 0.3) is 10.1 Å². The van der Waals surface area contributed by atoms with Crippen molar-refractivity contribution in [2.24, 2.45) is 5.92 Å². The number of carbonyl (C=O) groups is 1. The van der Waals surface area contributed by atoms with Gasteiger partial charge >= 0.3 is 0 Å². The molecule has 1 amide bonds. The van der Waals surface area contributed by atoms with Crippen molar-refractivity contribution in [2.75, 3.05) is 19.7 Å². The van der Waals surface area contributed by atoms with Crippen LogP contribution in [0.2, 0.25) is 0 Å². The highest BCUT2D eigenvalue weighted by atomic mass is 32.1. The standard InChI is InChI=1S/C20H22N2O2S/c23-19(21-18-12-3-8-22(9-4-12)20(18)6-7-20)16-11-13-1-2-15-14(5-10-24-15)17(13)25-16/h1-2,11-12,18H,3-10H2,(H,21,23)/t18-/m1/s1. The van der Waals surface area contributed by atoms with Crippen molar-refractivity contribution >= 4 is 27.3 Å². The Bertz CT molecular complexity index is 877. The summed E-state index contributed by atoms with van der Waals surface area (Å²) in [6.45, 7) is 3.22. The maximum Gasteiger partial charge on any atom is 0.261 e. The highest BCUT2D eigenvalue weighted by Crippen LogP contribution is 2.53. The largest absolute Gasteiger partial charge is 0.493 e. The molecule has 1 saturated carbocycles. The van der Waals surface area contributed by atoms with Crippen molar-refractivity contribution in [2.45, 2.75) is 43.7 Å². The molecule has 5 heterocycles. The van der Waals surface area contributed by atoms with E-state index in [4.69, 9.17) is 4.74 Å². The molecule has 5 aliphatic rings. The van der Waals surface area contributed by atoms with Crippen LogP contribution in [0.15, 0.2) is 18.2 Å². The lowest BCUT2D eigenvalue weighted by Gasteiger charge is -2.52. The Hall–Kier alpha value is -1.59. The van der Waals surface area contributed by atoms with E-state index in [0.717, 1.165) is 23.7 Å². The summed E-state index contributed by atoms with van der Waals surface area (Å²) < 4.78 is 6.90. The van der Waals surface area contributed by atoms with Gasteiger partial charge in [-0.1, -0.05) is 0 Å². The van der Waals surface area contributed by atoms with E-state index in [-0.39, 0.29) is 5.91 Å². The zero-order chi connectivity index (χ0) is 16.6. The monoisotopic (exact) mass is 354 g/mol. The van der Waals surface area contributed by atoms with Crippen LogP contribution in [0, 0.1) is 5.92 Å². The van der Waals surface area contributed by atoms with Gasteiger partial charge in [0.25, 0.3) is 5.91 Å². The van der Waals surface area contributed by atoms with Gasteiger partial charge in [0, 0.05) is 22.2 Å². The maximum absolute atomic E-state index is 13.0. The molecule has 25 heavy (non-hydrogen) atoms. The van der Waals surface area contributed by atoms with Gasteiger partial charge in [0.05, 0.1) is 17.5 Å². The van der Waals surface area contributed by atoms with Gasteiger partial charge in [0.1, 0.15) is 5.75 Å². The van der Waals surface area contributed by atoms with Crippen molar-refractivity contribution in [3.8, 4) is 5.75 Å². The molecule has 1 aromatic carbocycles. The van der Waals surface area contributed by atoms with Crippen molar-refractivity contribution in [1.29, 1.82) is 0 Å². The lowest BCUT2D eigenvalue weighted by atomic mass is 9.77. The van der Waals surface area contributed by atoms with Gasteiger partial charge < -0.3 is 10.1 Å². The summed E-state index contributed by atoms with van der Waals surface area (Å²) in [7, 11) is 0. The van der Waals surface area contributed by atoms with Crippen LogP contribution in [-0.2, 0) is 6.42 Å². The number of amides is 1. The molecule has 5 heteroatoms. The quantitative estimate of drug-likeness (QED) is 0.900. The minimum absolute atomic E-state index is 0.124. The molecule has 4 fully saturated rings. The Balaban J connectivity index is 1.31. The number of piperidine rings is 3. The first kappa shape index (κ1) is 14.6. The topological polar surface area (TPSA) is 41.6 Å². The fourth-order valence-electron chi connectivity index (χ4n) is 5.42. The van der Waals surface area contributed by atoms with Gasteiger partial charge in [-0.2, -0.15) is 0 Å². The van der Waals surface area contributed by atoms with Crippen LogP contribution < -0.4 is 10.1 Å². The van der Waals surface area contributed by atoms with E-state index >= 15 is 0 Å². The molecule has 1 aliphatic carbocycles. The normalized spacial score (nSPS) is 31.1. The molecule has 4 nitrogen and oxygen atoms in total. The summed E-state index contributed by atoms with van der Waals surface area (Å²) in [5, 5.41) is 4.62. The molecule has 2 bridgehead atoms. The number of nitrogens with one attached hydrogen (secondary N) is 1. The Labute approximate surface area is 151 Å². The molecule has 1 atom stereocenters. The Morgan fingerprint density at radius 3 is 2.92 bits per heavy atom. The molecule has 7 rings (SSSR count). The average molecular weight is 354 g/mol. The third kappa shape index (κ3) is 1.99. The van der Waals surface area contributed by atoms with Crippen molar-refractivity contribution in [3.63, 3.8) is 0 Å². The number of benzene rings is 1. The lowest BCUT2D eigenvalue weighted by Crippen LogP contribution is -2.65. The first-order chi connectivity index (χ1) is 12.2. The van der Waals surface area contributed by atoms with Crippen molar-refractivity contribution in [3.05, 3.63) is 28.6 Å². The summed E-state index contributed by atoms with van der Waals surface area (Å²) in [5.41, 5.74) is 1.57. The average Bonchev–Trinajstić information content (AvgIpc) is 3.08. The van der Waals surface area contributed by atoms with Crippen LogP contribution in [0.5, 0.6) is 5.75 Å². The number of thiophene rings is 1. The highest BCUT2D eigenvalue weighted by Gasteiger charge is 2.60. The van der Waals surface area contributed by atoms with Gasteiger partial charge in [-0.05, 0) is 68.3 Å². The van der Waals surface area contributed by atoms with Crippen LogP contribution in [0.1, 0.15) is 40.9 Å². The second kappa shape index (κ2) is 4.98. The number of nitrogens with zero attached hydrogens (tertiary/aromatic N) is 1. The van der Waals surface area contributed by atoms with E-state index in [2.05, 4.69) is 22.3 Å². The summed E-state index contributed by atoms with van der Waals surface area (Å²) >= 11 is 1.63. The summed E-state index contributed by atoms with van der Waals surface area (Å²) in [4.78, 5) is 16.5. The van der Waals surface area contributed by atoms with Gasteiger partial charge in [-0.3, -0.25) is 9.69 Å². The van der Waals surface area contributed by atoms with E-state index in [1.807, 2.05) is 6.07 Å². The zero-order valence-electron chi connectivity index (χ0n) is 14.2. The first-order valence-electron chi connectivity index (χ1n) is 9.49. The molecule has 4 aliphatic heterocycles. The van der Waals surface area contributed by atoms with E-state index in [1.54, 1.807) is 11.3 Å². The number of fused-ring (bicyclic) bond motifs is 5. The molecule has 1 spiro atoms. The van der Waals surface area contributed by atoms with Crippen LogP contribution in [0.3, 0.4) is 0 Å². The molecular formula is C20H22N2O2S. The van der Waals surface area contributed by atoms with Crippen molar-refractivity contribution in [1.82, 2.24) is 10.2 Å². The molecule has 0 unspecified atom stereocenters. The number of hydrogen-bond donors (Lipinski definition) is 1. The zero-order valence-corrected chi connectivity index (χ0v) is 15.0. The molecule has 0 radical (unpaired) electrons. The minimum Gasteiger partial charge on any atom is -0.493 e. The molecule has 1 N–H and O–H groups in total. The fraction of sp³-hybridized carbons (Fsp3) is 0.550. The molecule has 130 valence electrons. The van der Waals surface area contributed by atoms with E-state index in [0.29, 0.717) is 17.5 Å². The van der Waals surface area contributed by atoms with Crippen LogP contribution in [-0.4, -0.2) is 42.1 Å². The number of hydrogen-bond acceptors (Lipinski definition) is 4. The Kier molecular flexibility index (Phi) is 2.90. The fourth-order valence-corrected chi connectivity index (χ4v) is 6.55.